The number of rotatable bonds is 15. The van der Waals surface area contributed by atoms with Gasteiger partial charge in [-0.05, 0) is 43.2 Å². The van der Waals surface area contributed by atoms with E-state index in [9.17, 15) is 8.78 Å². The van der Waals surface area contributed by atoms with Crippen molar-refractivity contribution in [2.75, 3.05) is 13.2 Å². The van der Waals surface area contributed by atoms with Crippen LogP contribution < -0.4 is 9.47 Å². The lowest BCUT2D eigenvalue weighted by Gasteiger charge is -2.28. The number of hydrogen-bond acceptors (Lipinski definition) is 2. The fourth-order valence-electron chi connectivity index (χ4n) is 4.38. The van der Waals surface area contributed by atoms with Crippen molar-refractivity contribution < 1.29 is 18.3 Å². The Morgan fingerprint density at radius 3 is 1.90 bits per heavy atom. The molecule has 0 amide bonds. The standard InChI is InChI=1S/C26H42F2O2/c1-3-5-7-8-9-11-19-29-23-17-18-24(26(28)25(23)27)30-20-22-15-13-21(14-16-22)12-10-6-4-2/h17-18,21-22H,3-16,19-20H2,1-2H3. The fraction of sp³-hybridized carbons (Fsp3) is 0.769. The van der Waals surface area contributed by atoms with Gasteiger partial charge in [0.25, 0.3) is 0 Å². The topological polar surface area (TPSA) is 18.5 Å². The average Bonchev–Trinajstić information content (AvgIpc) is 2.76. The molecular formula is C26H42F2O2. The molecule has 0 saturated heterocycles. The summed E-state index contributed by atoms with van der Waals surface area (Å²) in [5, 5.41) is 0. The van der Waals surface area contributed by atoms with Crippen molar-refractivity contribution in [2.24, 2.45) is 11.8 Å². The Hall–Kier alpha value is -1.32. The summed E-state index contributed by atoms with van der Waals surface area (Å²) < 4.78 is 39.8. The lowest BCUT2D eigenvalue weighted by atomic mass is 9.80. The molecule has 30 heavy (non-hydrogen) atoms. The van der Waals surface area contributed by atoms with Gasteiger partial charge in [0, 0.05) is 0 Å². The molecule has 1 aliphatic carbocycles. The summed E-state index contributed by atoms with van der Waals surface area (Å²) in [6.45, 7) is 5.32. The molecule has 0 unspecified atom stereocenters. The summed E-state index contributed by atoms with van der Waals surface area (Å²) in [5.41, 5.74) is 0. The van der Waals surface area contributed by atoms with Crippen molar-refractivity contribution in [1.29, 1.82) is 0 Å². The maximum atomic E-state index is 14.4. The van der Waals surface area contributed by atoms with Crippen LogP contribution in [0.2, 0.25) is 0 Å². The molecule has 0 N–H and O–H groups in total. The zero-order chi connectivity index (χ0) is 21.6. The van der Waals surface area contributed by atoms with E-state index < -0.39 is 11.6 Å². The van der Waals surface area contributed by atoms with Gasteiger partial charge in [-0.1, -0.05) is 84.5 Å². The lowest BCUT2D eigenvalue weighted by Crippen LogP contribution is -2.20. The van der Waals surface area contributed by atoms with Crippen LogP contribution in [0.4, 0.5) is 8.78 Å². The van der Waals surface area contributed by atoms with E-state index in [1.807, 2.05) is 0 Å². The third-order valence-electron chi connectivity index (χ3n) is 6.42. The van der Waals surface area contributed by atoms with Gasteiger partial charge in [0.15, 0.2) is 11.5 Å². The second-order valence-electron chi connectivity index (χ2n) is 9.00. The van der Waals surface area contributed by atoms with Gasteiger partial charge in [-0.25, -0.2) is 0 Å². The smallest absolute Gasteiger partial charge is 0.204 e. The van der Waals surface area contributed by atoms with Crippen LogP contribution in [-0.2, 0) is 0 Å². The van der Waals surface area contributed by atoms with E-state index in [-0.39, 0.29) is 11.5 Å². The van der Waals surface area contributed by atoms with E-state index in [1.165, 1.54) is 76.3 Å². The predicted octanol–water partition coefficient (Wildman–Crippen LogP) is 8.47. The van der Waals surface area contributed by atoms with Gasteiger partial charge in [-0.3, -0.25) is 0 Å². The molecule has 2 rings (SSSR count). The lowest BCUT2D eigenvalue weighted by molar-refractivity contribution is 0.172. The summed E-state index contributed by atoms with van der Waals surface area (Å²) in [6.07, 6.45) is 16.8. The van der Waals surface area contributed by atoms with E-state index in [0.717, 1.165) is 31.6 Å². The molecule has 0 bridgehead atoms. The molecule has 2 nitrogen and oxygen atoms in total. The number of ether oxygens (including phenoxy) is 2. The van der Waals surface area contributed by atoms with E-state index in [2.05, 4.69) is 13.8 Å². The molecule has 1 aliphatic rings. The second-order valence-corrected chi connectivity index (χ2v) is 9.00. The van der Waals surface area contributed by atoms with Crippen molar-refractivity contribution in [3.8, 4) is 11.5 Å². The zero-order valence-corrected chi connectivity index (χ0v) is 19.2. The molecule has 0 radical (unpaired) electrons. The molecular weight excluding hydrogens is 382 g/mol. The molecule has 0 aliphatic heterocycles. The maximum Gasteiger partial charge on any atom is 0.204 e. The highest BCUT2D eigenvalue weighted by Crippen LogP contribution is 2.33. The fourth-order valence-corrected chi connectivity index (χ4v) is 4.38. The molecule has 1 aromatic carbocycles. The summed E-state index contributed by atoms with van der Waals surface area (Å²) in [6, 6.07) is 3.00. The first-order valence-corrected chi connectivity index (χ1v) is 12.4. The predicted molar refractivity (Wildman–Crippen MR) is 120 cm³/mol. The summed E-state index contributed by atoms with van der Waals surface area (Å²) >= 11 is 0. The first kappa shape index (κ1) is 24.9. The minimum Gasteiger partial charge on any atom is -0.490 e. The highest BCUT2D eigenvalue weighted by molar-refractivity contribution is 5.35. The van der Waals surface area contributed by atoms with Crippen LogP contribution in [0.1, 0.15) is 104 Å². The maximum absolute atomic E-state index is 14.4. The van der Waals surface area contributed by atoms with Gasteiger partial charge in [0.1, 0.15) is 0 Å². The second kappa shape index (κ2) is 14.6. The Bertz CT molecular complexity index is 583. The van der Waals surface area contributed by atoms with Gasteiger partial charge in [0.05, 0.1) is 13.2 Å². The normalized spacial score (nSPS) is 19.1. The zero-order valence-electron chi connectivity index (χ0n) is 19.2. The van der Waals surface area contributed by atoms with Crippen LogP contribution in [0.25, 0.3) is 0 Å². The highest BCUT2D eigenvalue weighted by atomic mass is 19.2. The van der Waals surface area contributed by atoms with E-state index in [4.69, 9.17) is 9.47 Å². The first-order valence-electron chi connectivity index (χ1n) is 12.4. The van der Waals surface area contributed by atoms with Gasteiger partial charge >= 0.3 is 0 Å². The Balaban J connectivity index is 1.69. The van der Waals surface area contributed by atoms with Crippen LogP contribution in [-0.4, -0.2) is 13.2 Å². The quantitative estimate of drug-likeness (QED) is 0.263. The molecule has 172 valence electrons. The van der Waals surface area contributed by atoms with Gasteiger partial charge < -0.3 is 9.47 Å². The van der Waals surface area contributed by atoms with Crippen LogP contribution in [0, 0.1) is 23.5 Å². The van der Waals surface area contributed by atoms with E-state index >= 15 is 0 Å². The Morgan fingerprint density at radius 2 is 1.23 bits per heavy atom. The number of halogens is 2. The number of unbranched alkanes of at least 4 members (excludes halogenated alkanes) is 7. The molecule has 1 fully saturated rings. The SMILES string of the molecule is CCCCCCCCOc1ccc(OCC2CCC(CCCCC)CC2)c(F)c1F. The molecule has 0 spiro atoms. The van der Waals surface area contributed by atoms with Crippen LogP contribution >= 0.6 is 0 Å². The number of benzene rings is 1. The van der Waals surface area contributed by atoms with Crippen LogP contribution in [0.5, 0.6) is 11.5 Å². The third kappa shape index (κ3) is 8.81. The van der Waals surface area contributed by atoms with Gasteiger partial charge in [-0.15, -0.1) is 0 Å². The highest BCUT2D eigenvalue weighted by Gasteiger charge is 2.22. The Labute approximate surface area is 182 Å². The molecule has 1 aromatic rings. The Morgan fingerprint density at radius 1 is 0.700 bits per heavy atom. The molecule has 0 heterocycles. The summed E-state index contributed by atoms with van der Waals surface area (Å²) in [4.78, 5) is 0. The van der Waals surface area contributed by atoms with Crippen molar-refractivity contribution in [3.63, 3.8) is 0 Å². The minimum atomic E-state index is -0.932. The first-order chi connectivity index (χ1) is 14.7. The van der Waals surface area contributed by atoms with Crippen LogP contribution in [0.15, 0.2) is 12.1 Å². The minimum absolute atomic E-state index is 0.00415. The molecule has 0 aromatic heterocycles. The average molecular weight is 425 g/mol. The summed E-state index contributed by atoms with van der Waals surface area (Å²) in [7, 11) is 0. The Kier molecular flexibility index (Phi) is 12.2. The molecule has 4 heteroatoms. The van der Waals surface area contributed by atoms with E-state index in [0.29, 0.717) is 19.1 Å². The number of hydrogen-bond donors (Lipinski definition) is 0. The van der Waals surface area contributed by atoms with Gasteiger partial charge in [-0.2, -0.15) is 8.78 Å². The van der Waals surface area contributed by atoms with Crippen molar-refractivity contribution >= 4 is 0 Å². The van der Waals surface area contributed by atoms with Crippen LogP contribution in [0.3, 0.4) is 0 Å². The van der Waals surface area contributed by atoms with Crippen molar-refractivity contribution in [1.82, 2.24) is 0 Å². The van der Waals surface area contributed by atoms with Crippen molar-refractivity contribution in [2.45, 2.75) is 104 Å². The molecule has 1 saturated carbocycles. The third-order valence-corrected chi connectivity index (χ3v) is 6.42. The largest absolute Gasteiger partial charge is 0.490 e. The van der Waals surface area contributed by atoms with Crippen molar-refractivity contribution in [3.05, 3.63) is 23.8 Å². The molecule has 0 atom stereocenters. The summed E-state index contributed by atoms with van der Waals surface area (Å²) in [5.74, 6) is -0.587. The van der Waals surface area contributed by atoms with E-state index in [1.54, 1.807) is 0 Å². The van der Waals surface area contributed by atoms with Gasteiger partial charge in [0.2, 0.25) is 11.6 Å². The monoisotopic (exact) mass is 424 g/mol.